The summed E-state index contributed by atoms with van der Waals surface area (Å²) in [5.74, 6) is 6.67. The molecule has 1 aromatic rings. The lowest BCUT2D eigenvalue weighted by Gasteiger charge is -2.33. The first kappa shape index (κ1) is 10.1. The minimum absolute atomic E-state index is 0.464. The second-order valence-electron chi connectivity index (χ2n) is 3.67. The number of hydrogen-bond donors (Lipinski definition) is 2. The molecule has 1 aliphatic heterocycles. The van der Waals surface area contributed by atoms with E-state index in [2.05, 4.69) is 32.2 Å². The van der Waals surface area contributed by atoms with E-state index < -0.39 is 0 Å². The summed E-state index contributed by atoms with van der Waals surface area (Å²) in [6, 6.07) is 1.91. The third kappa shape index (κ3) is 2.34. The van der Waals surface area contributed by atoms with Crippen LogP contribution in [0.5, 0.6) is 0 Å². The van der Waals surface area contributed by atoms with E-state index in [-0.39, 0.29) is 0 Å². The van der Waals surface area contributed by atoms with Crippen LogP contribution in [0.3, 0.4) is 0 Å². The van der Waals surface area contributed by atoms with Crippen molar-refractivity contribution in [2.75, 3.05) is 43.6 Å². The third-order valence-electron chi connectivity index (χ3n) is 2.60. The fraction of sp³-hybridized carbons (Fsp3) is 0.556. The van der Waals surface area contributed by atoms with Gasteiger partial charge < -0.3 is 9.80 Å². The highest BCUT2D eigenvalue weighted by Gasteiger charge is 2.15. The molecule has 2 rings (SSSR count). The number of nitrogens with two attached hydrogens (primary N) is 1. The SMILES string of the molecule is CN1CCN(c2ccnc(NN)n2)CC1. The lowest BCUT2D eigenvalue weighted by molar-refractivity contribution is 0.312. The topological polar surface area (TPSA) is 70.3 Å². The Morgan fingerprint density at radius 1 is 1.33 bits per heavy atom. The number of anilines is 2. The molecule has 0 aromatic carbocycles. The molecule has 0 radical (unpaired) electrons. The summed E-state index contributed by atoms with van der Waals surface area (Å²) in [7, 11) is 2.13. The molecule has 1 aromatic heterocycles. The van der Waals surface area contributed by atoms with Crippen molar-refractivity contribution in [3.05, 3.63) is 12.3 Å². The van der Waals surface area contributed by atoms with E-state index in [0.717, 1.165) is 32.0 Å². The predicted molar refractivity (Wildman–Crippen MR) is 59.6 cm³/mol. The highest BCUT2D eigenvalue weighted by Crippen LogP contribution is 2.13. The summed E-state index contributed by atoms with van der Waals surface area (Å²) in [5.41, 5.74) is 2.46. The monoisotopic (exact) mass is 208 g/mol. The minimum Gasteiger partial charge on any atom is -0.354 e. The maximum absolute atomic E-state index is 5.27. The highest BCUT2D eigenvalue weighted by atomic mass is 15.3. The number of likely N-dealkylation sites (N-methyl/N-ethyl adjacent to an activating group) is 1. The van der Waals surface area contributed by atoms with Gasteiger partial charge in [-0.3, -0.25) is 5.43 Å². The average Bonchev–Trinajstić information content (AvgIpc) is 2.30. The number of nitrogens with one attached hydrogen (secondary N) is 1. The normalized spacial score (nSPS) is 17.9. The summed E-state index contributed by atoms with van der Waals surface area (Å²) < 4.78 is 0. The van der Waals surface area contributed by atoms with Gasteiger partial charge in [0, 0.05) is 32.4 Å². The Balaban J connectivity index is 2.08. The van der Waals surface area contributed by atoms with Gasteiger partial charge in [-0.15, -0.1) is 0 Å². The van der Waals surface area contributed by atoms with Gasteiger partial charge in [-0.1, -0.05) is 0 Å². The number of aromatic nitrogens is 2. The van der Waals surface area contributed by atoms with E-state index in [1.54, 1.807) is 6.20 Å². The van der Waals surface area contributed by atoms with Crippen LogP contribution in [0.2, 0.25) is 0 Å². The standard InChI is InChI=1S/C9H16N6/c1-14-4-6-15(7-5-14)8-2-3-11-9(12-8)13-10/h2-3H,4-7,10H2,1H3,(H,11,12,13). The fourth-order valence-corrected chi connectivity index (χ4v) is 1.63. The van der Waals surface area contributed by atoms with Crippen molar-refractivity contribution < 1.29 is 0 Å². The Kier molecular flexibility index (Phi) is 2.98. The lowest BCUT2D eigenvalue weighted by Crippen LogP contribution is -2.44. The van der Waals surface area contributed by atoms with Crippen molar-refractivity contribution in [1.82, 2.24) is 14.9 Å². The molecule has 0 unspecified atom stereocenters. The summed E-state index contributed by atoms with van der Waals surface area (Å²) in [5, 5.41) is 0. The van der Waals surface area contributed by atoms with E-state index in [0.29, 0.717) is 5.95 Å². The molecule has 0 spiro atoms. The molecular weight excluding hydrogens is 192 g/mol. The van der Waals surface area contributed by atoms with Gasteiger partial charge in [0.05, 0.1) is 0 Å². The van der Waals surface area contributed by atoms with E-state index in [4.69, 9.17) is 5.84 Å². The maximum Gasteiger partial charge on any atom is 0.239 e. The van der Waals surface area contributed by atoms with Crippen molar-refractivity contribution in [2.24, 2.45) is 5.84 Å². The maximum atomic E-state index is 5.27. The van der Waals surface area contributed by atoms with Gasteiger partial charge >= 0.3 is 0 Å². The zero-order valence-electron chi connectivity index (χ0n) is 8.85. The number of piperazine rings is 1. The Bertz CT molecular complexity index is 320. The molecule has 82 valence electrons. The first-order valence-corrected chi connectivity index (χ1v) is 5.03. The van der Waals surface area contributed by atoms with Crippen molar-refractivity contribution in [1.29, 1.82) is 0 Å². The molecule has 0 atom stereocenters. The molecule has 6 nitrogen and oxygen atoms in total. The molecule has 0 saturated carbocycles. The van der Waals surface area contributed by atoms with E-state index >= 15 is 0 Å². The van der Waals surface area contributed by atoms with Crippen LogP contribution in [0, 0.1) is 0 Å². The highest BCUT2D eigenvalue weighted by molar-refractivity contribution is 5.42. The van der Waals surface area contributed by atoms with Gasteiger partial charge in [0.1, 0.15) is 5.82 Å². The van der Waals surface area contributed by atoms with E-state index in [1.807, 2.05) is 6.07 Å². The van der Waals surface area contributed by atoms with Gasteiger partial charge in [0.15, 0.2) is 0 Å². The number of nitrogens with zero attached hydrogens (tertiary/aromatic N) is 4. The second kappa shape index (κ2) is 4.41. The van der Waals surface area contributed by atoms with Gasteiger partial charge in [-0.2, -0.15) is 4.98 Å². The van der Waals surface area contributed by atoms with Crippen LogP contribution in [0.25, 0.3) is 0 Å². The lowest BCUT2D eigenvalue weighted by atomic mass is 10.3. The minimum atomic E-state index is 0.464. The van der Waals surface area contributed by atoms with Crippen LogP contribution in [-0.2, 0) is 0 Å². The van der Waals surface area contributed by atoms with Gasteiger partial charge in [0.2, 0.25) is 5.95 Å². The summed E-state index contributed by atoms with van der Waals surface area (Å²) in [6.07, 6.45) is 1.72. The van der Waals surface area contributed by atoms with Gasteiger partial charge in [-0.05, 0) is 13.1 Å². The molecule has 0 bridgehead atoms. The van der Waals surface area contributed by atoms with Gasteiger partial charge in [-0.25, -0.2) is 10.8 Å². The van der Waals surface area contributed by atoms with Crippen LogP contribution in [-0.4, -0.2) is 48.1 Å². The van der Waals surface area contributed by atoms with Crippen LogP contribution in [0.1, 0.15) is 0 Å². The third-order valence-corrected chi connectivity index (χ3v) is 2.60. The molecule has 15 heavy (non-hydrogen) atoms. The van der Waals surface area contributed by atoms with Crippen molar-refractivity contribution >= 4 is 11.8 Å². The second-order valence-corrected chi connectivity index (χ2v) is 3.67. The summed E-state index contributed by atoms with van der Waals surface area (Å²) in [6.45, 7) is 4.12. The summed E-state index contributed by atoms with van der Waals surface area (Å²) >= 11 is 0. The number of nitrogen functional groups attached to an aromatic ring is 1. The molecule has 0 aliphatic carbocycles. The van der Waals surface area contributed by atoms with Crippen LogP contribution < -0.4 is 16.2 Å². The van der Waals surface area contributed by atoms with Crippen molar-refractivity contribution in [3.63, 3.8) is 0 Å². The van der Waals surface area contributed by atoms with Crippen LogP contribution in [0.15, 0.2) is 12.3 Å². The Morgan fingerprint density at radius 2 is 2.07 bits per heavy atom. The number of rotatable bonds is 2. The molecule has 1 saturated heterocycles. The number of hydrogen-bond acceptors (Lipinski definition) is 6. The van der Waals surface area contributed by atoms with Crippen LogP contribution >= 0.6 is 0 Å². The predicted octanol–water partition coefficient (Wildman–Crippen LogP) is -0.486. The first-order chi connectivity index (χ1) is 7.29. The molecule has 1 aliphatic rings. The molecule has 2 heterocycles. The molecular formula is C9H16N6. The Labute approximate surface area is 89.1 Å². The fourth-order valence-electron chi connectivity index (χ4n) is 1.63. The Morgan fingerprint density at radius 3 is 2.73 bits per heavy atom. The van der Waals surface area contributed by atoms with Crippen molar-refractivity contribution in [2.45, 2.75) is 0 Å². The van der Waals surface area contributed by atoms with Crippen molar-refractivity contribution in [3.8, 4) is 0 Å². The van der Waals surface area contributed by atoms with Gasteiger partial charge in [0.25, 0.3) is 0 Å². The molecule has 3 N–H and O–H groups in total. The molecule has 6 heteroatoms. The zero-order valence-corrected chi connectivity index (χ0v) is 8.85. The van der Waals surface area contributed by atoms with Crippen LogP contribution in [0.4, 0.5) is 11.8 Å². The Hall–Kier alpha value is -1.40. The van der Waals surface area contributed by atoms with E-state index in [1.165, 1.54) is 0 Å². The quantitative estimate of drug-likeness (QED) is 0.505. The van der Waals surface area contributed by atoms with E-state index in [9.17, 15) is 0 Å². The average molecular weight is 208 g/mol. The molecule has 1 fully saturated rings. The first-order valence-electron chi connectivity index (χ1n) is 5.03. The largest absolute Gasteiger partial charge is 0.354 e. The molecule has 0 amide bonds. The zero-order chi connectivity index (χ0) is 10.7. The summed E-state index contributed by atoms with van der Waals surface area (Å²) in [4.78, 5) is 12.8. The number of hydrazine groups is 1. The smallest absolute Gasteiger partial charge is 0.239 e.